The van der Waals surface area contributed by atoms with Crippen LogP contribution in [-0.4, -0.2) is 20.7 Å². The number of rotatable bonds is 3. The van der Waals surface area contributed by atoms with E-state index in [1.54, 1.807) is 36.9 Å². The summed E-state index contributed by atoms with van der Waals surface area (Å²) in [6.07, 6.45) is 0. The first-order valence-corrected chi connectivity index (χ1v) is 9.33. The number of aromatic nitrogens is 3. The van der Waals surface area contributed by atoms with E-state index >= 15 is 0 Å². The van der Waals surface area contributed by atoms with Crippen LogP contribution >= 0.6 is 11.6 Å². The number of hydrogen-bond acceptors (Lipinski definition) is 6. The van der Waals surface area contributed by atoms with Crippen LogP contribution in [-0.2, 0) is 18.4 Å². The topological polar surface area (TPSA) is 87.2 Å². The molecule has 0 aliphatic carbocycles. The fourth-order valence-electron chi connectivity index (χ4n) is 3.42. The highest BCUT2D eigenvalue weighted by Gasteiger charge is 2.19. The fraction of sp³-hybridized carbons (Fsp3) is 0.238. The highest BCUT2D eigenvalue weighted by Crippen LogP contribution is 2.27. The zero-order valence-electron chi connectivity index (χ0n) is 16.4. The Morgan fingerprint density at radius 1 is 1.21 bits per heavy atom. The summed E-state index contributed by atoms with van der Waals surface area (Å²) in [6.45, 7) is 5.35. The van der Waals surface area contributed by atoms with Crippen LogP contribution in [0.5, 0.6) is 0 Å². The highest BCUT2D eigenvalue weighted by atomic mass is 35.5. The Balaban J connectivity index is 1.72. The molecule has 0 radical (unpaired) electrons. The van der Waals surface area contributed by atoms with E-state index < -0.39 is 11.6 Å². The van der Waals surface area contributed by atoms with Gasteiger partial charge in [0.15, 0.2) is 5.65 Å². The van der Waals surface area contributed by atoms with Crippen molar-refractivity contribution in [3.63, 3.8) is 0 Å². The molecule has 0 saturated carbocycles. The van der Waals surface area contributed by atoms with Gasteiger partial charge in [0, 0.05) is 34.8 Å². The third-order valence-corrected chi connectivity index (χ3v) is 5.19. The van der Waals surface area contributed by atoms with Gasteiger partial charge in [-0.15, -0.1) is 0 Å². The first kappa shape index (κ1) is 19.1. The predicted molar refractivity (Wildman–Crippen MR) is 109 cm³/mol. The van der Waals surface area contributed by atoms with Gasteiger partial charge in [0.25, 0.3) is 0 Å². The monoisotopic (exact) mass is 411 g/mol. The molecule has 4 aromatic rings. The van der Waals surface area contributed by atoms with Crippen molar-refractivity contribution in [3.8, 4) is 0 Å². The van der Waals surface area contributed by atoms with Gasteiger partial charge in [-0.3, -0.25) is 4.68 Å². The second-order valence-electron chi connectivity index (χ2n) is 6.98. The van der Waals surface area contributed by atoms with E-state index in [9.17, 15) is 9.59 Å². The molecule has 8 heteroatoms. The summed E-state index contributed by atoms with van der Waals surface area (Å²) in [5, 5.41) is 6.16. The summed E-state index contributed by atoms with van der Waals surface area (Å²) in [7, 11) is 1.78. The third kappa shape index (κ3) is 3.38. The zero-order chi connectivity index (χ0) is 20.9. The minimum atomic E-state index is -0.518. The molecule has 7 nitrogen and oxygen atoms in total. The van der Waals surface area contributed by atoms with E-state index in [-0.39, 0.29) is 6.61 Å². The first-order chi connectivity index (χ1) is 13.7. The molecule has 3 heterocycles. The van der Waals surface area contributed by atoms with Crippen molar-refractivity contribution in [2.24, 2.45) is 7.05 Å². The maximum atomic E-state index is 12.9. The largest absolute Gasteiger partial charge is 0.457 e. The number of nitrogens with zero attached hydrogens (tertiary/aromatic N) is 3. The van der Waals surface area contributed by atoms with E-state index in [2.05, 4.69) is 10.1 Å². The molecular formula is C21H18ClN3O4. The van der Waals surface area contributed by atoms with Gasteiger partial charge in [-0.2, -0.15) is 5.10 Å². The molecule has 0 N–H and O–H groups in total. The highest BCUT2D eigenvalue weighted by molar-refractivity contribution is 6.32. The van der Waals surface area contributed by atoms with Gasteiger partial charge >= 0.3 is 11.6 Å². The summed E-state index contributed by atoms with van der Waals surface area (Å²) in [4.78, 5) is 29.2. The fourth-order valence-corrected chi connectivity index (χ4v) is 3.58. The van der Waals surface area contributed by atoms with Gasteiger partial charge in [0.1, 0.15) is 12.2 Å². The molecule has 0 unspecified atom stereocenters. The Hall–Kier alpha value is -3.19. The van der Waals surface area contributed by atoms with E-state index in [0.29, 0.717) is 49.5 Å². The molecule has 0 aliphatic heterocycles. The van der Waals surface area contributed by atoms with Crippen LogP contribution in [0.25, 0.3) is 22.0 Å². The Morgan fingerprint density at radius 3 is 2.72 bits per heavy atom. The number of hydrogen-bond donors (Lipinski definition) is 0. The number of aryl methyl sites for hydroxylation is 4. The lowest BCUT2D eigenvalue weighted by Gasteiger charge is -2.10. The summed E-state index contributed by atoms with van der Waals surface area (Å²) < 4.78 is 12.4. The minimum Gasteiger partial charge on any atom is -0.457 e. The van der Waals surface area contributed by atoms with Crippen molar-refractivity contribution in [1.82, 2.24) is 14.8 Å². The number of halogens is 1. The summed E-state index contributed by atoms with van der Waals surface area (Å²) in [6, 6.07) is 6.39. The molecule has 4 rings (SSSR count). The average molecular weight is 412 g/mol. The van der Waals surface area contributed by atoms with Crippen LogP contribution in [0.15, 0.2) is 33.5 Å². The number of benzene rings is 1. The van der Waals surface area contributed by atoms with Crippen LogP contribution in [0, 0.1) is 20.8 Å². The quantitative estimate of drug-likeness (QED) is 0.374. The molecule has 0 fully saturated rings. The van der Waals surface area contributed by atoms with Gasteiger partial charge in [-0.05, 0) is 44.5 Å². The van der Waals surface area contributed by atoms with Crippen LogP contribution in [0.4, 0.5) is 0 Å². The number of carbonyl (C=O) groups excluding carboxylic acids is 1. The third-order valence-electron chi connectivity index (χ3n) is 4.78. The molecule has 148 valence electrons. The maximum absolute atomic E-state index is 12.9. The SMILES string of the molecule is Cc1cc(C(=O)OCc2cc(=O)oc3cc(C)c(Cl)cc23)c2c(C)nn(C)c2n1. The number of esters is 1. The molecule has 1 aromatic carbocycles. The maximum Gasteiger partial charge on any atom is 0.339 e. The van der Waals surface area contributed by atoms with Gasteiger partial charge in [-0.1, -0.05) is 11.6 Å². The Labute approximate surface area is 170 Å². The molecular weight excluding hydrogens is 394 g/mol. The van der Waals surface area contributed by atoms with Gasteiger partial charge < -0.3 is 9.15 Å². The molecule has 3 aromatic heterocycles. The van der Waals surface area contributed by atoms with Gasteiger partial charge in [0.05, 0.1) is 16.6 Å². The summed E-state index contributed by atoms with van der Waals surface area (Å²) in [5.41, 5.74) is 3.57. The molecule has 0 saturated heterocycles. The van der Waals surface area contributed by atoms with Crippen LogP contribution in [0.2, 0.25) is 5.02 Å². The van der Waals surface area contributed by atoms with E-state index in [4.69, 9.17) is 20.8 Å². The van der Waals surface area contributed by atoms with Crippen LogP contribution < -0.4 is 5.63 Å². The normalized spacial score (nSPS) is 11.3. The number of fused-ring (bicyclic) bond motifs is 2. The molecule has 29 heavy (non-hydrogen) atoms. The van der Waals surface area contributed by atoms with Crippen molar-refractivity contribution in [2.75, 3.05) is 0 Å². The zero-order valence-corrected chi connectivity index (χ0v) is 17.1. The lowest BCUT2D eigenvalue weighted by molar-refractivity contribution is 0.0476. The van der Waals surface area contributed by atoms with Gasteiger partial charge in [0.2, 0.25) is 0 Å². The average Bonchev–Trinajstić information content (AvgIpc) is 2.94. The Bertz CT molecular complexity index is 1350. The molecule has 0 aliphatic rings. The lowest BCUT2D eigenvalue weighted by atomic mass is 10.1. The molecule has 0 atom stereocenters. The van der Waals surface area contributed by atoms with E-state index in [0.717, 1.165) is 5.56 Å². The van der Waals surface area contributed by atoms with Gasteiger partial charge in [-0.25, -0.2) is 14.6 Å². The number of ether oxygens (including phenoxy) is 1. The minimum absolute atomic E-state index is 0.0947. The molecule has 0 amide bonds. The van der Waals surface area contributed by atoms with Crippen molar-refractivity contribution >= 4 is 39.6 Å². The van der Waals surface area contributed by atoms with Crippen molar-refractivity contribution in [2.45, 2.75) is 27.4 Å². The standard InChI is InChI=1S/C21H18ClN3O4/c1-10-5-17-14(8-16(10)22)13(7-18(26)29-17)9-28-21(27)15-6-11(2)23-20-19(15)12(3)24-25(20)4/h5-8H,9H2,1-4H3. The second kappa shape index (κ2) is 7.00. The number of pyridine rings is 1. The summed E-state index contributed by atoms with van der Waals surface area (Å²) in [5.74, 6) is -0.517. The van der Waals surface area contributed by atoms with E-state index in [1.165, 1.54) is 6.07 Å². The van der Waals surface area contributed by atoms with E-state index in [1.807, 2.05) is 13.8 Å². The predicted octanol–water partition coefficient (Wildman–Crippen LogP) is 4.01. The Kier molecular flexibility index (Phi) is 4.62. The van der Waals surface area contributed by atoms with Crippen molar-refractivity contribution in [3.05, 3.63) is 67.8 Å². The molecule has 0 spiro atoms. The smallest absolute Gasteiger partial charge is 0.339 e. The Morgan fingerprint density at radius 2 is 1.97 bits per heavy atom. The van der Waals surface area contributed by atoms with Crippen LogP contribution in [0.3, 0.4) is 0 Å². The van der Waals surface area contributed by atoms with Crippen LogP contribution in [0.1, 0.15) is 32.9 Å². The van der Waals surface area contributed by atoms with Crippen molar-refractivity contribution in [1.29, 1.82) is 0 Å². The molecule has 0 bridgehead atoms. The lowest BCUT2D eigenvalue weighted by Crippen LogP contribution is -2.09. The number of carbonyl (C=O) groups is 1. The first-order valence-electron chi connectivity index (χ1n) is 8.95. The summed E-state index contributed by atoms with van der Waals surface area (Å²) >= 11 is 6.22. The van der Waals surface area contributed by atoms with Crippen molar-refractivity contribution < 1.29 is 13.9 Å². The second-order valence-corrected chi connectivity index (χ2v) is 7.39.